The minimum atomic E-state index is 0.597. The Balaban J connectivity index is 2.31. The molecule has 2 aromatic rings. The maximum Gasteiger partial charge on any atom is 0.139 e. The molecule has 0 saturated carbocycles. The maximum atomic E-state index is 5.27. The Hall–Kier alpha value is -1.13. The fourth-order valence-electron chi connectivity index (χ4n) is 2.07. The van der Waals surface area contributed by atoms with E-state index in [2.05, 4.69) is 55.0 Å². The molecule has 0 spiro atoms. The highest BCUT2D eigenvalue weighted by Gasteiger charge is 2.04. The first-order valence-electron chi connectivity index (χ1n) is 6.92. The lowest BCUT2D eigenvalue weighted by atomic mass is 10.1. The molecule has 4 heteroatoms. The molecule has 0 aliphatic carbocycles. The highest BCUT2D eigenvalue weighted by atomic mass is 32.2. The van der Waals surface area contributed by atoms with Gasteiger partial charge < -0.3 is 4.98 Å². The third-order valence-corrected chi connectivity index (χ3v) is 3.97. The molecule has 20 heavy (non-hydrogen) atoms. The van der Waals surface area contributed by atoms with Crippen LogP contribution in [0.15, 0.2) is 35.2 Å². The van der Waals surface area contributed by atoms with E-state index in [1.165, 1.54) is 4.90 Å². The Labute approximate surface area is 130 Å². The fourth-order valence-corrected chi connectivity index (χ4v) is 2.97. The first-order valence-corrected chi connectivity index (χ1v) is 8.31. The molecule has 0 bridgehead atoms. The summed E-state index contributed by atoms with van der Waals surface area (Å²) in [5.74, 6) is 2.55. The summed E-state index contributed by atoms with van der Waals surface area (Å²) in [4.78, 5) is 9.12. The van der Waals surface area contributed by atoms with Gasteiger partial charge in [-0.25, -0.2) is 4.98 Å². The predicted octanol–water partition coefficient (Wildman–Crippen LogP) is 5.12. The molecule has 0 aliphatic rings. The lowest BCUT2D eigenvalue weighted by molar-refractivity contribution is 0.634. The number of hydrogen-bond donors (Lipinski definition) is 1. The number of nitrogens with zero attached hydrogens (tertiary/aromatic N) is 1. The number of H-pyrrole nitrogens is 1. The average molecular weight is 304 g/mol. The molecule has 1 aromatic heterocycles. The molecule has 2 rings (SSSR count). The molecule has 0 saturated heterocycles. The first-order chi connectivity index (χ1) is 9.58. The SMILES string of the molecule is CCSc1ccc(-c2nc(=S)cc(CC(C)C)[nH]2)cc1. The molecule has 0 radical (unpaired) electrons. The maximum absolute atomic E-state index is 5.27. The van der Waals surface area contributed by atoms with Gasteiger partial charge in [0.2, 0.25) is 0 Å². The van der Waals surface area contributed by atoms with Crippen molar-refractivity contribution in [2.75, 3.05) is 5.75 Å². The topological polar surface area (TPSA) is 28.7 Å². The van der Waals surface area contributed by atoms with E-state index in [1.807, 2.05) is 17.8 Å². The number of aromatic amines is 1. The number of benzene rings is 1. The van der Waals surface area contributed by atoms with Crippen molar-refractivity contribution in [3.8, 4) is 11.4 Å². The van der Waals surface area contributed by atoms with Crippen LogP contribution in [-0.4, -0.2) is 15.7 Å². The lowest BCUT2D eigenvalue weighted by Crippen LogP contribution is -2.00. The highest BCUT2D eigenvalue weighted by Crippen LogP contribution is 2.22. The van der Waals surface area contributed by atoms with Crippen LogP contribution in [0.3, 0.4) is 0 Å². The number of hydrogen-bond acceptors (Lipinski definition) is 3. The van der Waals surface area contributed by atoms with Gasteiger partial charge in [-0.1, -0.05) is 45.1 Å². The van der Waals surface area contributed by atoms with Crippen molar-refractivity contribution in [2.45, 2.75) is 32.1 Å². The van der Waals surface area contributed by atoms with Gasteiger partial charge in [-0.15, -0.1) is 11.8 Å². The Morgan fingerprint density at radius 1 is 1.25 bits per heavy atom. The van der Waals surface area contributed by atoms with Gasteiger partial charge in [0.1, 0.15) is 10.5 Å². The van der Waals surface area contributed by atoms with Crippen LogP contribution in [0.4, 0.5) is 0 Å². The zero-order chi connectivity index (χ0) is 14.5. The summed E-state index contributed by atoms with van der Waals surface area (Å²) in [6, 6.07) is 10.4. The molecule has 1 heterocycles. The number of rotatable bonds is 5. The molecular formula is C16H20N2S2. The Morgan fingerprint density at radius 2 is 1.95 bits per heavy atom. The highest BCUT2D eigenvalue weighted by molar-refractivity contribution is 7.99. The zero-order valence-electron chi connectivity index (χ0n) is 12.1. The largest absolute Gasteiger partial charge is 0.343 e. The van der Waals surface area contributed by atoms with Crippen molar-refractivity contribution in [3.05, 3.63) is 40.7 Å². The molecule has 2 nitrogen and oxygen atoms in total. The summed E-state index contributed by atoms with van der Waals surface area (Å²) in [5, 5.41) is 0. The summed E-state index contributed by atoms with van der Waals surface area (Å²) >= 11 is 7.11. The van der Waals surface area contributed by atoms with Crippen molar-refractivity contribution in [3.63, 3.8) is 0 Å². The molecule has 1 N–H and O–H groups in total. The molecule has 0 fully saturated rings. The van der Waals surface area contributed by atoms with E-state index in [1.54, 1.807) is 0 Å². The van der Waals surface area contributed by atoms with Crippen LogP contribution >= 0.6 is 24.0 Å². The van der Waals surface area contributed by atoms with Crippen LogP contribution in [0.5, 0.6) is 0 Å². The molecule has 0 atom stereocenters. The van der Waals surface area contributed by atoms with Crippen molar-refractivity contribution >= 4 is 24.0 Å². The smallest absolute Gasteiger partial charge is 0.139 e. The fraction of sp³-hybridized carbons (Fsp3) is 0.375. The van der Waals surface area contributed by atoms with Gasteiger partial charge in [-0.2, -0.15) is 0 Å². The van der Waals surface area contributed by atoms with Crippen molar-refractivity contribution < 1.29 is 0 Å². The Bertz CT molecular complexity index is 615. The van der Waals surface area contributed by atoms with Gasteiger partial charge >= 0.3 is 0 Å². The third-order valence-electron chi connectivity index (χ3n) is 2.87. The van der Waals surface area contributed by atoms with Crippen LogP contribution in [0.25, 0.3) is 11.4 Å². The van der Waals surface area contributed by atoms with Gasteiger partial charge in [0.05, 0.1) is 0 Å². The number of thioether (sulfide) groups is 1. The summed E-state index contributed by atoms with van der Waals surface area (Å²) in [5.41, 5.74) is 2.24. The first kappa shape index (κ1) is 15.3. The van der Waals surface area contributed by atoms with Crippen molar-refractivity contribution in [1.29, 1.82) is 0 Å². The van der Waals surface area contributed by atoms with Crippen LogP contribution in [0.1, 0.15) is 26.5 Å². The third kappa shape index (κ3) is 4.18. The van der Waals surface area contributed by atoms with E-state index in [0.717, 1.165) is 29.3 Å². The molecule has 1 aromatic carbocycles. The molecule has 0 aliphatic heterocycles. The van der Waals surface area contributed by atoms with Crippen LogP contribution in [0.2, 0.25) is 0 Å². The van der Waals surface area contributed by atoms with E-state index < -0.39 is 0 Å². The van der Waals surface area contributed by atoms with Gasteiger partial charge in [0.25, 0.3) is 0 Å². The van der Waals surface area contributed by atoms with Crippen LogP contribution in [-0.2, 0) is 6.42 Å². The molecule has 0 unspecified atom stereocenters. The van der Waals surface area contributed by atoms with Gasteiger partial charge in [-0.05, 0) is 36.3 Å². The van der Waals surface area contributed by atoms with Crippen LogP contribution < -0.4 is 0 Å². The Kier molecular flexibility index (Phi) is 5.38. The molecular weight excluding hydrogens is 284 g/mol. The van der Waals surface area contributed by atoms with Gasteiger partial charge in [0.15, 0.2) is 0 Å². The van der Waals surface area contributed by atoms with Crippen molar-refractivity contribution in [1.82, 2.24) is 9.97 Å². The minimum absolute atomic E-state index is 0.597. The molecule has 106 valence electrons. The summed E-state index contributed by atoms with van der Waals surface area (Å²) in [6.45, 7) is 6.56. The average Bonchev–Trinajstić information content (AvgIpc) is 2.38. The van der Waals surface area contributed by atoms with E-state index in [0.29, 0.717) is 10.6 Å². The second-order valence-electron chi connectivity index (χ2n) is 5.15. The monoisotopic (exact) mass is 304 g/mol. The van der Waals surface area contributed by atoms with Crippen molar-refractivity contribution in [2.24, 2.45) is 5.92 Å². The molecule has 0 amide bonds. The van der Waals surface area contributed by atoms with E-state index in [-0.39, 0.29) is 0 Å². The van der Waals surface area contributed by atoms with E-state index in [4.69, 9.17) is 12.2 Å². The van der Waals surface area contributed by atoms with E-state index in [9.17, 15) is 0 Å². The predicted molar refractivity (Wildman–Crippen MR) is 89.8 cm³/mol. The minimum Gasteiger partial charge on any atom is -0.343 e. The quantitative estimate of drug-likeness (QED) is 0.614. The van der Waals surface area contributed by atoms with E-state index >= 15 is 0 Å². The van der Waals surface area contributed by atoms with Gasteiger partial charge in [0, 0.05) is 16.2 Å². The Morgan fingerprint density at radius 3 is 2.55 bits per heavy atom. The van der Waals surface area contributed by atoms with Gasteiger partial charge in [-0.3, -0.25) is 0 Å². The second-order valence-corrected chi connectivity index (χ2v) is 6.90. The summed E-state index contributed by atoms with van der Waals surface area (Å²) in [7, 11) is 0. The standard InChI is InChI=1S/C16H20N2S2/c1-4-20-14-7-5-12(6-8-14)16-17-13(9-11(2)3)10-15(19)18-16/h5-8,10-11H,4,9H2,1-3H3,(H,17,18,19). The number of nitrogens with one attached hydrogen (secondary N) is 1. The zero-order valence-corrected chi connectivity index (χ0v) is 13.8. The van der Waals surface area contributed by atoms with Crippen LogP contribution in [0, 0.1) is 10.6 Å². The summed E-state index contributed by atoms with van der Waals surface area (Å²) in [6.07, 6.45) is 0.989. The normalized spacial score (nSPS) is 11.0. The number of aromatic nitrogens is 2. The lowest BCUT2D eigenvalue weighted by Gasteiger charge is -2.08. The summed E-state index contributed by atoms with van der Waals surface area (Å²) < 4.78 is 0.654. The second kappa shape index (κ2) is 7.04.